The van der Waals surface area contributed by atoms with E-state index in [2.05, 4.69) is 33.7 Å². The highest BCUT2D eigenvalue weighted by atomic mass is 16.2. The van der Waals surface area contributed by atoms with Crippen LogP contribution in [0, 0.1) is 20.8 Å². The Kier molecular flexibility index (Phi) is 4.62. The molecule has 0 radical (unpaired) electrons. The maximum Gasteiger partial charge on any atom is 0.350 e. The van der Waals surface area contributed by atoms with Crippen LogP contribution in [-0.2, 0) is 11.3 Å². The van der Waals surface area contributed by atoms with Gasteiger partial charge in [0, 0.05) is 23.6 Å². The first-order chi connectivity index (χ1) is 15.4. The van der Waals surface area contributed by atoms with Crippen molar-refractivity contribution < 1.29 is 4.79 Å². The highest BCUT2D eigenvalue weighted by molar-refractivity contribution is 5.90. The maximum atomic E-state index is 12.8. The first-order valence-electron chi connectivity index (χ1n) is 10.3. The van der Waals surface area contributed by atoms with Gasteiger partial charge in [-0.2, -0.15) is 5.10 Å². The summed E-state index contributed by atoms with van der Waals surface area (Å²) in [6.45, 7) is 5.85. The summed E-state index contributed by atoms with van der Waals surface area (Å²) in [5.74, 6) is -0.318. The maximum absolute atomic E-state index is 12.8. The van der Waals surface area contributed by atoms with Crippen LogP contribution >= 0.6 is 0 Å². The van der Waals surface area contributed by atoms with Crippen LogP contribution in [0.5, 0.6) is 0 Å². The predicted octanol–water partition coefficient (Wildman–Crippen LogP) is 3.37. The van der Waals surface area contributed by atoms with E-state index in [0.29, 0.717) is 16.9 Å². The average molecular weight is 426 g/mol. The number of hydrogen-bond donors (Lipinski definition) is 1. The molecule has 32 heavy (non-hydrogen) atoms. The van der Waals surface area contributed by atoms with Gasteiger partial charge in [0.1, 0.15) is 12.1 Å². The standard InChI is InChI=1S/C24H22N6O2/c1-15-5-4-6-18(11-15)25-22(31)14-30-24(32)28-9-10-29-21(23(28)27-30)13-20(26-29)19-12-16(2)7-8-17(19)3/h4-13H,14H2,1-3H3,(H,25,31). The van der Waals surface area contributed by atoms with Crippen molar-refractivity contribution in [3.63, 3.8) is 0 Å². The van der Waals surface area contributed by atoms with Gasteiger partial charge < -0.3 is 5.32 Å². The first-order valence-corrected chi connectivity index (χ1v) is 10.3. The minimum Gasteiger partial charge on any atom is -0.324 e. The van der Waals surface area contributed by atoms with Gasteiger partial charge in [-0.05, 0) is 56.2 Å². The molecule has 0 aliphatic rings. The van der Waals surface area contributed by atoms with Crippen LogP contribution < -0.4 is 11.0 Å². The SMILES string of the molecule is Cc1cccc(NC(=O)Cn2nc3c4cc(-c5cc(C)ccc5C)nn4ccn3c2=O)c1. The van der Waals surface area contributed by atoms with E-state index in [9.17, 15) is 9.59 Å². The van der Waals surface area contributed by atoms with Crippen molar-refractivity contribution in [1.82, 2.24) is 23.8 Å². The molecule has 0 aliphatic heterocycles. The van der Waals surface area contributed by atoms with E-state index in [1.54, 1.807) is 16.9 Å². The minimum atomic E-state index is -0.378. The van der Waals surface area contributed by atoms with Gasteiger partial charge in [-0.15, -0.1) is 5.10 Å². The molecule has 0 atom stereocenters. The number of anilines is 1. The monoisotopic (exact) mass is 426 g/mol. The normalized spacial score (nSPS) is 11.3. The van der Waals surface area contributed by atoms with Gasteiger partial charge >= 0.3 is 5.69 Å². The molecule has 2 aromatic carbocycles. The van der Waals surface area contributed by atoms with E-state index >= 15 is 0 Å². The Bertz CT molecular complexity index is 1560. The fraction of sp³-hybridized carbons (Fsp3) is 0.167. The Morgan fingerprint density at radius 1 is 0.969 bits per heavy atom. The molecule has 0 spiro atoms. The highest BCUT2D eigenvalue weighted by Crippen LogP contribution is 2.25. The van der Waals surface area contributed by atoms with Gasteiger partial charge in [-0.25, -0.2) is 18.4 Å². The Labute approximate surface area is 183 Å². The van der Waals surface area contributed by atoms with E-state index in [1.807, 2.05) is 51.1 Å². The molecular weight excluding hydrogens is 404 g/mol. The molecule has 1 N–H and O–H groups in total. The fourth-order valence-electron chi connectivity index (χ4n) is 3.84. The number of nitrogens with zero attached hydrogens (tertiary/aromatic N) is 5. The van der Waals surface area contributed by atoms with E-state index < -0.39 is 0 Å². The Balaban J connectivity index is 1.52. The molecule has 0 saturated heterocycles. The molecule has 5 aromatic rings. The van der Waals surface area contributed by atoms with Crippen LogP contribution in [0.1, 0.15) is 16.7 Å². The third-order valence-corrected chi connectivity index (χ3v) is 5.46. The van der Waals surface area contributed by atoms with Crippen molar-refractivity contribution in [1.29, 1.82) is 0 Å². The number of benzene rings is 2. The van der Waals surface area contributed by atoms with E-state index in [4.69, 9.17) is 0 Å². The number of rotatable bonds is 4. The molecular formula is C24H22N6O2. The molecule has 5 rings (SSSR count). The van der Waals surface area contributed by atoms with Crippen LogP contribution in [0.2, 0.25) is 0 Å². The van der Waals surface area contributed by atoms with Crippen LogP contribution in [0.15, 0.2) is 65.7 Å². The Hall–Kier alpha value is -4.20. The molecule has 0 unspecified atom stereocenters. The summed E-state index contributed by atoms with van der Waals surface area (Å²) in [6, 6.07) is 15.6. The first kappa shape index (κ1) is 19.7. The smallest absolute Gasteiger partial charge is 0.324 e. The molecule has 3 aromatic heterocycles. The van der Waals surface area contributed by atoms with Crippen LogP contribution in [0.3, 0.4) is 0 Å². The zero-order valence-electron chi connectivity index (χ0n) is 18.0. The molecule has 1 amide bonds. The van der Waals surface area contributed by atoms with Crippen molar-refractivity contribution in [3.8, 4) is 11.3 Å². The second kappa shape index (κ2) is 7.49. The van der Waals surface area contributed by atoms with Crippen molar-refractivity contribution in [2.75, 3.05) is 5.32 Å². The summed E-state index contributed by atoms with van der Waals surface area (Å²) < 4.78 is 4.31. The number of carbonyl (C=O) groups excluding carboxylic acids is 1. The van der Waals surface area contributed by atoms with Crippen LogP contribution in [0.25, 0.3) is 22.4 Å². The number of hydrogen-bond acceptors (Lipinski definition) is 4. The minimum absolute atomic E-state index is 0.182. The van der Waals surface area contributed by atoms with Gasteiger partial charge in [0.15, 0.2) is 5.65 Å². The van der Waals surface area contributed by atoms with Crippen LogP contribution in [0.4, 0.5) is 5.69 Å². The predicted molar refractivity (Wildman–Crippen MR) is 123 cm³/mol. The van der Waals surface area contributed by atoms with E-state index in [1.165, 1.54) is 9.08 Å². The second-order valence-electron chi connectivity index (χ2n) is 8.03. The number of aryl methyl sites for hydroxylation is 3. The third-order valence-electron chi connectivity index (χ3n) is 5.46. The van der Waals surface area contributed by atoms with Crippen molar-refractivity contribution >= 4 is 22.8 Å². The fourth-order valence-corrected chi connectivity index (χ4v) is 3.84. The van der Waals surface area contributed by atoms with Gasteiger partial charge in [0.05, 0.1) is 5.69 Å². The molecule has 8 heteroatoms. The number of nitrogens with one attached hydrogen (secondary N) is 1. The summed E-state index contributed by atoms with van der Waals surface area (Å²) in [5, 5.41) is 11.9. The second-order valence-corrected chi connectivity index (χ2v) is 8.03. The lowest BCUT2D eigenvalue weighted by Crippen LogP contribution is -2.28. The number of amides is 1. The molecule has 3 heterocycles. The van der Waals surface area contributed by atoms with Crippen LogP contribution in [-0.4, -0.2) is 29.7 Å². The number of aromatic nitrogens is 5. The highest BCUT2D eigenvalue weighted by Gasteiger charge is 2.16. The third kappa shape index (κ3) is 3.45. The van der Waals surface area contributed by atoms with Gasteiger partial charge in [-0.3, -0.25) is 4.79 Å². The van der Waals surface area contributed by atoms with Crippen molar-refractivity contribution in [2.24, 2.45) is 0 Å². The molecule has 0 aliphatic carbocycles. The number of fused-ring (bicyclic) bond motifs is 3. The van der Waals surface area contributed by atoms with Gasteiger partial charge in [0.25, 0.3) is 0 Å². The average Bonchev–Trinajstić information content (AvgIpc) is 3.31. The number of carbonyl (C=O) groups is 1. The molecule has 0 saturated carbocycles. The van der Waals surface area contributed by atoms with E-state index in [0.717, 1.165) is 27.9 Å². The zero-order chi connectivity index (χ0) is 22.4. The van der Waals surface area contributed by atoms with Crippen molar-refractivity contribution in [2.45, 2.75) is 27.3 Å². The molecule has 160 valence electrons. The van der Waals surface area contributed by atoms with Crippen molar-refractivity contribution in [3.05, 3.63) is 88.1 Å². The summed E-state index contributed by atoms with van der Waals surface area (Å²) in [4.78, 5) is 25.4. The van der Waals surface area contributed by atoms with Gasteiger partial charge in [-0.1, -0.05) is 29.8 Å². The molecule has 0 fully saturated rings. The molecule has 8 nitrogen and oxygen atoms in total. The van der Waals surface area contributed by atoms with E-state index in [-0.39, 0.29) is 18.1 Å². The lowest BCUT2D eigenvalue weighted by atomic mass is 10.0. The largest absolute Gasteiger partial charge is 0.350 e. The Morgan fingerprint density at radius 3 is 2.59 bits per heavy atom. The molecule has 0 bridgehead atoms. The summed E-state index contributed by atoms with van der Waals surface area (Å²) in [5.41, 5.74) is 6.58. The Morgan fingerprint density at radius 2 is 1.78 bits per heavy atom. The summed E-state index contributed by atoms with van der Waals surface area (Å²) >= 11 is 0. The quantitative estimate of drug-likeness (QED) is 0.477. The lowest BCUT2D eigenvalue weighted by Gasteiger charge is -2.05. The summed E-state index contributed by atoms with van der Waals surface area (Å²) in [6.07, 6.45) is 3.34. The zero-order valence-corrected chi connectivity index (χ0v) is 18.0. The van der Waals surface area contributed by atoms with Gasteiger partial charge in [0.2, 0.25) is 5.91 Å². The topological polar surface area (TPSA) is 85.7 Å². The lowest BCUT2D eigenvalue weighted by molar-refractivity contribution is -0.117. The summed E-state index contributed by atoms with van der Waals surface area (Å²) in [7, 11) is 0.